The average Bonchev–Trinajstić information content (AvgIpc) is 2.96. The number of pyridine rings is 1. The van der Waals surface area contributed by atoms with Gasteiger partial charge in [0, 0.05) is 24.8 Å². The van der Waals surface area contributed by atoms with E-state index in [1.54, 1.807) is 18.3 Å². The van der Waals surface area contributed by atoms with Crippen molar-refractivity contribution in [1.82, 2.24) is 14.5 Å². The molecule has 0 saturated heterocycles. The van der Waals surface area contributed by atoms with Crippen LogP contribution in [0.1, 0.15) is 0 Å². The van der Waals surface area contributed by atoms with Crippen LogP contribution < -0.4 is 0 Å². The minimum Gasteiger partial charge on any atom is -0.507 e. The number of hydrogen-bond donors (Lipinski definition) is 1. The van der Waals surface area contributed by atoms with Crippen LogP contribution in [0.5, 0.6) is 5.75 Å². The van der Waals surface area contributed by atoms with Crippen LogP contribution in [0.3, 0.4) is 0 Å². The van der Waals surface area contributed by atoms with Gasteiger partial charge in [-0.25, -0.2) is 4.98 Å². The van der Waals surface area contributed by atoms with E-state index in [2.05, 4.69) is 11.1 Å². The first-order valence-corrected chi connectivity index (χ1v) is 7.40. The fourth-order valence-corrected chi connectivity index (χ4v) is 2.82. The monoisotopic (exact) mass is 301 g/mol. The maximum Gasteiger partial charge on any atom is 0.144 e. The number of phenolic OH excluding ortho intramolecular Hbond substituents is 1. The minimum absolute atomic E-state index is 0.221. The number of rotatable bonds is 2. The largest absolute Gasteiger partial charge is 0.507 e. The van der Waals surface area contributed by atoms with Crippen LogP contribution in [0.15, 0.2) is 67.0 Å². The maximum atomic E-state index is 10.1. The van der Waals surface area contributed by atoms with Gasteiger partial charge in [-0.3, -0.25) is 4.98 Å². The van der Waals surface area contributed by atoms with Crippen molar-refractivity contribution in [2.75, 3.05) is 0 Å². The van der Waals surface area contributed by atoms with Gasteiger partial charge >= 0.3 is 0 Å². The molecular formula is C19H15N3O. The first kappa shape index (κ1) is 13.5. The van der Waals surface area contributed by atoms with Crippen LogP contribution in [-0.2, 0) is 7.05 Å². The molecule has 0 aliphatic rings. The van der Waals surface area contributed by atoms with Crippen LogP contribution in [-0.4, -0.2) is 19.6 Å². The van der Waals surface area contributed by atoms with E-state index in [-0.39, 0.29) is 5.75 Å². The van der Waals surface area contributed by atoms with Crippen molar-refractivity contribution in [3.63, 3.8) is 0 Å². The molecule has 4 rings (SSSR count). The normalized spacial score (nSPS) is 11.0. The summed E-state index contributed by atoms with van der Waals surface area (Å²) >= 11 is 0. The standard InChI is InChI=1S/C19H15N3O/c1-22-12-16(21-19(22)15-8-4-5-9-17(15)23)18-14-7-3-2-6-13(14)10-11-20-18/h2-12,23H,1H3. The Kier molecular flexibility index (Phi) is 3.08. The third kappa shape index (κ3) is 2.25. The van der Waals surface area contributed by atoms with Crippen LogP contribution in [0.2, 0.25) is 0 Å². The lowest BCUT2D eigenvalue weighted by Crippen LogP contribution is -1.91. The Morgan fingerprint density at radius 2 is 1.74 bits per heavy atom. The molecule has 0 spiro atoms. The van der Waals surface area contributed by atoms with Gasteiger partial charge in [-0.05, 0) is 23.6 Å². The second-order valence-electron chi connectivity index (χ2n) is 5.46. The molecule has 0 aliphatic carbocycles. The van der Waals surface area contributed by atoms with Crippen molar-refractivity contribution in [2.45, 2.75) is 0 Å². The highest BCUT2D eigenvalue weighted by molar-refractivity contribution is 5.93. The predicted molar refractivity (Wildman–Crippen MR) is 91.0 cm³/mol. The van der Waals surface area contributed by atoms with E-state index in [9.17, 15) is 5.11 Å². The molecule has 23 heavy (non-hydrogen) atoms. The van der Waals surface area contributed by atoms with E-state index in [0.717, 1.165) is 22.2 Å². The van der Waals surface area contributed by atoms with Gasteiger partial charge in [0.05, 0.1) is 11.3 Å². The second kappa shape index (κ2) is 5.25. The maximum absolute atomic E-state index is 10.1. The van der Waals surface area contributed by atoms with Gasteiger partial charge in [0.15, 0.2) is 0 Å². The summed E-state index contributed by atoms with van der Waals surface area (Å²) < 4.78 is 1.91. The summed E-state index contributed by atoms with van der Waals surface area (Å²) in [5, 5.41) is 12.3. The first-order chi connectivity index (χ1) is 11.2. The number of hydrogen-bond acceptors (Lipinski definition) is 3. The Morgan fingerprint density at radius 1 is 0.957 bits per heavy atom. The molecule has 0 saturated carbocycles. The van der Waals surface area contributed by atoms with Crippen LogP contribution in [0, 0.1) is 0 Å². The lowest BCUT2D eigenvalue weighted by Gasteiger charge is -2.03. The third-order valence-electron chi connectivity index (χ3n) is 3.94. The second-order valence-corrected chi connectivity index (χ2v) is 5.46. The molecule has 0 atom stereocenters. The SMILES string of the molecule is Cn1cc(-c2nccc3ccccc23)nc1-c1ccccc1O. The molecule has 4 aromatic rings. The van der Waals surface area contributed by atoms with Gasteiger partial charge in [-0.2, -0.15) is 0 Å². The Balaban J connectivity index is 1.91. The van der Waals surface area contributed by atoms with E-state index in [1.807, 2.05) is 54.2 Å². The molecule has 0 radical (unpaired) electrons. The summed E-state index contributed by atoms with van der Waals surface area (Å²) in [6.07, 6.45) is 3.74. The minimum atomic E-state index is 0.221. The van der Waals surface area contributed by atoms with E-state index in [4.69, 9.17) is 4.98 Å². The highest BCUT2D eigenvalue weighted by Gasteiger charge is 2.14. The number of aromatic nitrogens is 3. The first-order valence-electron chi connectivity index (χ1n) is 7.40. The Labute approximate surface area is 133 Å². The molecule has 4 heteroatoms. The lowest BCUT2D eigenvalue weighted by molar-refractivity contribution is 0.476. The number of imidazole rings is 1. The van der Waals surface area contributed by atoms with Crippen LogP contribution in [0.25, 0.3) is 33.5 Å². The molecule has 2 aromatic carbocycles. The van der Waals surface area contributed by atoms with Crippen molar-refractivity contribution in [3.8, 4) is 28.5 Å². The number of para-hydroxylation sites is 1. The van der Waals surface area contributed by atoms with Crippen molar-refractivity contribution in [2.24, 2.45) is 7.05 Å². The highest BCUT2D eigenvalue weighted by atomic mass is 16.3. The van der Waals surface area contributed by atoms with E-state index in [0.29, 0.717) is 11.4 Å². The molecule has 2 heterocycles. The number of fused-ring (bicyclic) bond motifs is 1. The average molecular weight is 301 g/mol. The summed E-state index contributed by atoms with van der Waals surface area (Å²) in [5.41, 5.74) is 2.35. The van der Waals surface area contributed by atoms with Gasteiger partial charge in [0.1, 0.15) is 17.3 Å². The third-order valence-corrected chi connectivity index (χ3v) is 3.94. The van der Waals surface area contributed by atoms with Crippen molar-refractivity contribution in [3.05, 3.63) is 67.0 Å². The fraction of sp³-hybridized carbons (Fsp3) is 0.0526. The summed E-state index contributed by atoms with van der Waals surface area (Å²) in [6, 6.07) is 17.3. The van der Waals surface area contributed by atoms with E-state index in [1.165, 1.54) is 0 Å². The molecule has 0 aliphatic heterocycles. The van der Waals surface area contributed by atoms with Gasteiger partial charge in [0.25, 0.3) is 0 Å². The van der Waals surface area contributed by atoms with Gasteiger partial charge in [-0.1, -0.05) is 36.4 Å². The Hall–Kier alpha value is -3.14. The number of aryl methyl sites for hydroxylation is 1. The van der Waals surface area contributed by atoms with Gasteiger partial charge in [-0.15, -0.1) is 0 Å². The molecular weight excluding hydrogens is 286 g/mol. The molecule has 1 N–H and O–H groups in total. The van der Waals surface area contributed by atoms with Gasteiger partial charge in [0.2, 0.25) is 0 Å². The zero-order chi connectivity index (χ0) is 15.8. The summed E-state index contributed by atoms with van der Waals surface area (Å²) in [7, 11) is 1.92. The van der Waals surface area contributed by atoms with E-state index >= 15 is 0 Å². The highest BCUT2D eigenvalue weighted by Crippen LogP contribution is 2.31. The summed E-state index contributed by atoms with van der Waals surface area (Å²) in [6.45, 7) is 0. The van der Waals surface area contributed by atoms with Crippen LogP contribution in [0.4, 0.5) is 0 Å². The topological polar surface area (TPSA) is 50.9 Å². The molecule has 0 fully saturated rings. The number of nitrogens with zero attached hydrogens (tertiary/aromatic N) is 3. The van der Waals surface area contributed by atoms with E-state index < -0.39 is 0 Å². The van der Waals surface area contributed by atoms with Crippen molar-refractivity contribution < 1.29 is 5.11 Å². The molecule has 4 nitrogen and oxygen atoms in total. The number of benzene rings is 2. The fourth-order valence-electron chi connectivity index (χ4n) is 2.82. The van der Waals surface area contributed by atoms with Crippen LogP contribution >= 0.6 is 0 Å². The Morgan fingerprint density at radius 3 is 2.61 bits per heavy atom. The Bertz CT molecular complexity index is 999. The van der Waals surface area contributed by atoms with Crippen molar-refractivity contribution in [1.29, 1.82) is 0 Å². The predicted octanol–water partition coefficient (Wildman–Crippen LogP) is 4.01. The summed E-state index contributed by atoms with van der Waals surface area (Å²) in [5.74, 6) is 0.937. The molecule has 2 aromatic heterocycles. The molecule has 112 valence electrons. The van der Waals surface area contributed by atoms with Crippen molar-refractivity contribution >= 4 is 10.8 Å². The summed E-state index contributed by atoms with van der Waals surface area (Å²) in [4.78, 5) is 9.21. The number of phenols is 1. The lowest BCUT2D eigenvalue weighted by atomic mass is 10.1. The van der Waals surface area contributed by atoms with Gasteiger partial charge < -0.3 is 9.67 Å². The molecule has 0 bridgehead atoms. The zero-order valence-corrected chi connectivity index (χ0v) is 12.6. The smallest absolute Gasteiger partial charge is 0.144 e. The number of aromatic hydroxyl groups is 1. The zero-order valence-electron chi connectivity index (χ0n) is 12.6. The quantitative estimate of drug-likeness (QED) is 0.608. The molecule has 0 unspecified atom stereocenters. The molecule has 0 amide bonds.